The van der Waals surface area contributed by atoms with Gasteiger partial charge in [-0.05, 0) is 31.5 Å². The lowest BCUT2D eigenvalue weighted by atomic mass is 10.2. The van der Waals surface area contributed by atoms with Gasteiger partial charge in [0.1, 0.15) is 11.8 Å². The molecule has 0 aliphatic carbocycles. The van der Waals surface area contributed by atoms with Crippen molar-refractivity contribution >= 4 is 0 Å². The number of nitriles is 1. The summed E-state index contributed by atoms with van der Waals surface area (Å²) in [6, 6.07) is 10.8. The second kappa shape index (κ2) is 6.02. The normalized spacial score (nSPS) is 10.1. The van der Waals surface area contributed by atoms with E-state index in [1.165, 1.54) is 10.7 Å². The summed E-state index contributed by atoms with van der Waals surface area (Å²) in [4.78, 5) is 11.8. The Morgan fingerprint density at radius 3 is 2.65 bits per heavy atom. The molecule has 0 bridgehead atoms. The number of benzene rings is 1. The van der Waals surface area contributed by atoms with E-state index >= 15 is 0 Å². The molecular weight excluding hydrogens is 254 g/mol. The minimum atomic E-state index is -0.277. The molecule has 2 aromatic rings. The van der Waals surface area contributed by atoms with Gasteiger partial charge in [-0.2, -0.15) is 10.4 Å². The molecule has 1 aromatic carbocycles. The molecule has 0 atom stereocenters. The number of hydrogen-bond acceptors (Lipinski definition) is 4. The van der Waals surface area contributed by atoms with Gasteiger partial charge in [-0.25, -0.2) is 4.68 Å². The molecule has 0 aliphatic heterocycles. The van der Waals surface area contributed by atoms with Gasteiger partial charge in [-0.1, -0.05) is 12.1 Å². The Kier molecular flexibility index (Phi) is 4.16. The number of hydrogen-bond donors (Lipinski definition) is 0. The van der Waals surface area contributed by atoms with Crippen LogP contribution in [0.5, 0.6) is 5.75 Å². The first-order valence-electron chi connectivity index (χ1n) is 6.34. The molecule has 0 N–H and O–H groups in total. The monoisotopic (exact) mass is 269 g/mol. The molecule has 0 aliphatic rings. The number of aromatic nitrogens is 2. The third-order valence-corrected chi connectivity index (χ3v) is 2.87. The molecule has 102 valence electrons. The van der Waals surface area contributed by atoms with Crippen LogP contribution in [0.2, 0.25) is 0 Å². The summed E-state index contributed by atoms with van der Waals surface area (Å²) < 4.78 is 6.72. The summed E-state index contributed by atoms with van der Waals surface area (Å²) in [6.07, 6.45) is 0. The summed E-state index contributed by atoms with van der Waals surface area (Å²) in [6.45, 7) is 4.64. The van der Waals surface area contributed by atoms with Crippen LogP contribution in [0.4, 0.5) is 0 Å². The molecule has 1 heterocycles. The van der Waals surface area contributed by atoms with Crippen molar-refractivity contribution in [2.24, 2.45) is 0 Å². The molecule has 0 fully saturated rings. The molecule has 2 rings (SSSR count). The zero-order chi connectivity index (χ0) is 14.5. The van der Waals surface area contributed by atoms with E-state index in [2.05, 4.69) is 5.10 Å². The van der Waals surface area contributed by atoms with Gasteiger partial charge >= 0.3 is 0 Å². The van der Waals surface area contributed by atoms with Gasteiger partial charge in [0.15, 0.2) is 0 Å². The second-order valence-corrected chi connectivity index (χ2v) is 4.33. The van der Waals surface area contributed by atoms with E-state index in [-0.39, 0.29) is 5.56 Å². The van der Waals surface area contributed by atoms with Crippen molar-refractivity contribution in [3.63, 3.8) is 0 Å². The molecule has 20 heavy (non-hydrogen) atoms. The van der Waals surface area contributed by atoms with Crippen LogP contribution < -0.4 is 10.3 Å². The van der Waals surface area contributed by atoms with E-state index in [1.807, 2.05) is 37.3 Å². The zero-order valence-corrected chi connectivity index (χ0v) is 11.5. The summed E-state index contributed by atoms with van der Waals surface area (Å²) >= 11 is 0. The lowest BCUT2D eigenvalue weighted by Gasteiger charge is -2.07. The third-order valence-electron chi connectivity index (χ3n) is 2.87. The van der Waals surface area contributed by atoms with E-state index in [1.54, 1.807) is 6.92 Å². The average molecular weight is 269 g/mol. The molecule has 0 saturated heterocycles. The number of rotatable bonds is 4. The SMILES string of the molecule is CCOc1ccc(Cn2nc(C)c(C#N)cc2=O)cc1. The Labute approximate surface area is 117 Å². The fraction of sp³-hybridized carbons (Fsp3) is 0.267. The average Bonchev–Trinajstić information content (AvgIpc) is 2.45. The van der Waals surface area contributed by atoms with Gasteiger partial charge in [0.25, 0.3) is 5.56 Å². The van der Waals surface area contributed by atoms with Crippen LogP contribution in [0.1, 0.15) is 23.7 Å². The highest BCUT2D eigenvalue weighted by Crippen LogP contribution is 2.12. The molecule has 5 heteroatoms. The minimum absolute atomic E-state index is 0.277. The van der Waals surface area contributed by atoms with Gasteiger partial charge in [0.05, 0.1) is 24.4 Å². The van der Waals surface area contributed by atoms with E-state index in [9.17, 15) is 4.79 Å². The Morgan fingerprint density at radius 1 is 1.35 bits per heavy atom. The van der Waals surface area contributed by atoms with Crippen LogP contribution in [0.15, 0.2) is 35.1 Å². The maximum absolute atomic E-state index is 11.8. The molecule has 0 saturated carbocycles. The van der Waals surface area contributed by atoms with Crippen molar-refractivity contribution in [1.29, 1.82) is 5.26 Å². The van der Waals surface area contributed by atoms with Crippen LogP contribution in [-0.4, -0.2) is 16.4 Å². The minimum Gasteiger partial charge on any atom is -0.494 e. The molecule has 5 nitrogen and oxygen atoms in total. The highest BCUT2D eigenvalue weighted by atomic mass is 16.5. The maximum Gasteiger partial charge on any atom is 0.268 e. The number of ether oxygens (including phenoxy) is 1. The number of aryl methyl sites for hydroxylation is 1. The van der Waals surface area contributed by atoms with E-state index in [0.29, 0.717) is 24.4 Å². The first-order chi connectivity index (χ1) is 9.63. The van der Waals surface area contributed by atoms with Gasteiger partial charge < -0.3 is 4.74 Å². The Balaban J connectivity index is 2.24. The summed E-state index contributed by atoms with van der Waals surface area (Å²) in [5.41, 5.74) is 1.55. The van der Waals surface area contributed by atoms with E-state index in [0.717, 1.165) is 11.3 Å². The van der Waals surface area contributed by atoms with E-state index in [4.69, 9.17) is 10.00 Å². The van der Waals surface area contributed by atoms with Crippen LogP contribution in [0.25, 0.3) is 0 Å². The second-order valence-electron chi connectivity index (χ2n) is 4.33. The highest BCUT2D eigenvalue weighted by Gasteiger charge is 2.05. The van der Waals surface area contributed by atoms with Gasteiger partial charge in [-0.3, -0.25) is 4.79 Å². The van der Waals surface area contributed by atoms with Crippen molar-refractivity contribution in [2.75, 3.05) is 6.61 Å². The Bertz CT molecular complexity index is 697. The molecule has 0 spiro atoms. The quantitative estimate of drug-likeness (QED) is 0.849. The van der Waals surface area contributed by atoms with Crippen LogP contribution in [-0.2, 0) is 6.54 Å². The van der Waals surface area contributed by atoms with Gasteiger partial charge in [0.2, 0.25) is 0 Å². The summed E-state index contributed by atoms with van der Waals surface area (Å²) in [5.74, 6) is 0.799. The molecular formula is C15H15N3O2. The fourth-order valence-corrected chi connectivity index (χ4v) is 1.84. The Morgan fingerprint density at radius 2 is 2.05 bits per heavy atom. The summed E-state index contributed by atoms with van der Waals surface area (Å²) in [5, 5.41) is 13.0. The maximum atomic E-state index is 11.8. The Hall–Kier alpha value is -2.61. The van der Waals surface area contributed by atoms with Crippen molar-refractivity contribution in [2.45, 2.75) is 20.4 Å². The predicted molar refractivity (Wildman–Crippen MR) is 74.7 cm³/mol. The van der Waals surface area contributed by atoms with Crippen LogP contribution in [0, 0.1) is 18.3 Å². The third kappa shape index (κ3) is 3.04. The van der Waals surface area contributed by atoms with Crippen LogP contribution >= 0.6 is 0 Å². The standard InChI is InChI=1S/C15H15N3O2/c1-3-20-14-6-4-12(5-7-14)10-18-15(19)8-13(9-16)11(2)17-18/h4-8H,3,10H2,1-2H3. The largest absolute Gasteiger partial charge is 0.494 e. The molecule has 0 amide bonds. The first-order valence-corrected chi connectivity index (χ1v) is 6.34. The highest BCUT2D eigenvalue weighted by molar-refractivity contribution is 5.31. The van der Waals surface area contributed by atoms with Crippen molar-refractivity contribution in [3.05, 3.63) is 57.5 Å². The predicted octanol–water partition coefficient (Wildman–Crippen LogP) is 1.87. The van der Waals surface area contributed by atoms with Gasteiger partial charge in [0, 0.05) is 6.07 Å². The molecule has 1 aromatic heterocycles. The first kappa shape index (κ1) is 13.8. The van der Waals surface area contributed by atoms with Crippen molar-refractivity contribution in [1.82, 2.24) is 9.78 Å². The lowest BCUT2D eigenvalue weighted by molar-refractivity contribution is 0.340. The lowest BCUT2D eigenvalue weighted by Crippen LogP contribution is -2.24. The van der Waals surface area contributed by atoms with Crippen molar-refractivity contribution < 1.29 is 4.74 Å². The van der Waals surface area contributed by atoms with Crippen molar-refractivity contribution in [3.8, 4) is 11.8 Å². The molecule has 0 unspecified atom stereocenters. The van der Waals surface area contributed by atoms with E-state index < -0.39 is 0 Å². The summed E-state index contributed by atoms with van der Waals surface area (Å²) in [7, 11) is 0. The molecule has 0 radical (unpaired) electrons. The van der Waals surface area contributed by atoms with Crippen LogP contribution in [0.3, 0.4) is 0 Å². The topological polar surface area (TPSA) is 67.9 Å². The fourth-order valence-electron chi connectivity index (χ4n) is 1.84. The smallest absolute Gasteiger partial charge is 0.268 e. The zero-order valence-electron chi connectivity index (χ0n) is 11.5. The van der Waals surface area contributed by atoms with Gasteiger partial charge in [-0.15, -0.1) is 0 Å². The number of nitrogens with zero attached hydrogens (tertiary/aromatic N) is 3.